The number of hydrogen-bond acceptors (Lipinski definition) is 3. The third kappa shape index (κ3) is 3.12. The van der Waals surface area contributed by atoms with Crippen LogP contribution in [0.3, 0.4) is 0 Å². The molecule has 1 unspecified atom stereocenters. The molecule has 90 valence electrons. The molecule has 5 heteroatoms. The van der Waals surface area contributed by atoms with Crippen LogP contribution in [-0.4, -0.2) is 15.3 Å². The second kappa shape index (κ2) is 5.71. The molecule has 0 bridgehead atoms. The minimum absolute atomic E-state index is 0.0490. The van der Waals surface area contributed by atoms with Crippen molar-refractivity contribution < 1.29 is 0 Å². The van der Waals surface area contributed by atoms with Gasteiger partial charge in [0.1, 0.15) is 5.82 Å². The van der Waals surface area contributed by atoms with Crippen molar-refractivity contribution in [3.8, 4) is 0 Å². The average Bonchev–Trinajstić information content (AvgIpc) is 2.74. The Morgan fingerprint density at radius 3 is 2.88 bits per heavy atom. The molecule has 0 aliphatic rings. The maximum absolute atomic E-state index is 6.12. The predicted molar refractivity (Wildman–Crippen MR) is 75.0 cm³/mol. The van der Waals surface area contributed by atoms with E-state index in [0.29, 0.717) is 0 Å². The minimum atomic E-state index is -0.0490. The number of benzene rings is 1. The fourth-order valence-electron chi connectivity index (χ4n) is 1.55. The fourth-order valence-corrected chi connectivity index (χ4v) is 3.07. The van der Waals surface area contributed by atoms with E-state index in [1.807, 2.05) is 36.0 Å². The van der Waals surface area contributed by atoms with Crippen LogP contribution in [0.1, 0.15) is 11.9 Å². The molecule has 0 fully saturated rings. The summed E-state index contributed by atoms with van der Waals surface area (Å²) in [5.74, 6) is 1.73. The molecule has 0 radical (unpaired) electrons. The Balaban J connectivity index is 2.00. The molecule has 0 aliphatic carbocycles. The van der Waals surface area contributed by atoms with Crippen molar-refractivity contribution in [3.63, 3.8) is 0 Å². The SMILES string of the molecule is Cn1ccnc1C(N)CSc1ccccc1Br. The van der Waals surface area contributed by atoms with Crippen LogP contribution in [0.4, 0.5) is 0 Å². The third-order valence-electron chi connectivity index (χ3n) is 2.45. The summed E-state index contributed by atoms with van der Waals surface area (Å²) in [7, 11) is 1.96. The van der Waals surface area contributed by atoms with Crippen LogP contribution < -0.4 is 5.73 Å². The second-order valence-electron chi connectivity index (χ2n) is 3.74. The highest BCUT2D eigenvalue weighted by molar-refractivity contribution is 9.10. The lowest BCUT2D eigenvalue weighted by atomic mass is 10.3. The monoisotopic (exact) mass is 311 g/mol. The van der Waals surface area contributed by atoms with Crippen LogP contribution in [0.15, 0.2) is 46.0 Å². The van der Waals surface area contributed by atoms with Gasteiger partial charge in [0.25, 0.3) is 0 Å². The number of aryl methyl sites for hydroxylation is 1. The Kier molecular flexibility index (Phi) is 4.25. The summed E-state index contributed by atoms with van der Waals surface area (Å²) in [6.45, 7) is 0. The molecule has 2 rings (SSSR count). The smallest absolute Gasteiger partial charge is 0.126 e. The molecule has 17 heavy (non-hydrogen) atoms. The molecule has 0 amide bonds. The number of imidazole rings is 1. The number of rotatable bonds is 4. The number of nitrogens with two attached hydrogens (primary N) is 1. The normalized spacial score (nSPS) is 12.6. The van der Waals surface area contributed by atoms with Crippen LogP contribution in [0.25, 0.3) is 0 Å². The van der Waals surface area contributed by atoms with E-state index in [9.17, 15) is 0 Å². The van der Waals surface area contributed by atoms with Gasteiger partial charge < -0.3 is 10.3 Å². The molecular weight excluding hydrogens is 298 g/mol. The van der Waals surface area contributed by atoms with Gasteiger partial charge in [0.05, 0.1) is 6.04 Å². The van der Waals surface area contributed by atoms with E-state index >= 15 is 0 Å². The van der Waals surface area contributed by atoms with Crippen molar-refractivity contribution >= 4 is 27.7 Å². The molecule has 2 N–H and O–H groups in total. The largest absolute Gasteiger partial charge is 0.337 e. The topological polar surface area (TPSA) is 43.8 Å². The molecule has 1 heterocycles. The highest BCUT2D eigenvalue weighted by Gasteiger charge is 2.11. The first-order chi connectivity index (χ1) is 8.18. The standard InChI is InChI=1S/C12H14BrN3S/c1-16-7-6-15-12(16)10(14)8-17-11-5-3-2-4-9(11)13/h2-7,10H,8,14H2,1H3. The zero-order chi connectivity index (χ0) is 12.3. The lowest BCUT2D eigenvalue weighted by Crippen LogP contribution is -2.17. The fraction of sp³-hybridized carbons (Fsp3) is 0.250. The second-order valence-corrected chi connectivity index (χ2v) is 5.66. The van der Waals surface area contributed by atoms with Gasteiger partial charge in [-0.05, 0) is 28.1 Å². The van der Waals surface area contributed by atoms with Crippen molar-refractivity contribution in [1.29, 1.82) is 0 Å². The van der Waals surface area contributed by atoms with Gasteiger partial charge in [-0.2, -0.15) is 0 Å². The number of nitrogens with zero attached hydrogens (tertiary/aromatic N) is 2. The molecule has 2 aromatic rings. The van der Waals surface area contributed by atoms with Gasteiger partial charge in [0, 0.05) is 34.6 Å². The van der Waals surface area contributed by atoms with E-state index in [1.54, 1.807) is 18.0 Å². The molecule has 1 aromatic carbocycles. The zero-order valence-electron chi connectivity index (χ0n) is 9.51. The third-order valence-corrected chi connectivity index (χ3v) is 4.59. The zero-order valence-corrected chi connectivity index (χ0v) is 11.9. The van der Waals surface area contributed by atoms with Gasteiger partial charge >= 0.3 is 0 Å². The van der Waals surface area contributed by atoms with Crippen molar-refractivity contribution in [2.45, 2.75) is 10.9 Å². The van der Waals surface area contributed by atoms with Gasteiger partial charge in [0.15, 0.2) is 0 Å². The molecule has 0 saturated carbocycles. The molecular formula is C12H14BrN3S. The van der Waals surface area contributed by atoms with Crippen molar-refractivity contribution in [3.05, 3.63) is 47.0 Å². The summed E-state index contributed by atoms with van der Waals surface area (Å²) in [4.78, 5) is 5.47. The number of aromatic nitrogens is 2. The molecule has 1 atom stereocenters. The molecule has 0 spiro atoms. The van der Waals surface area contributed by atoms with Gasteiger partial charge in [-0.25, -0.2) is 4.98 Å². The maximum Gasteiger partial charge on any atom is 0.126 e. The lowest BCUT2D eigenvalue weighted by molar-refractivity contribution is 0.694. The van der Waals surface area contributed by atoms with E-state index in [2.05, 4.69) is 27.0 Å². The van der Waals surface area contributed by atoms with Crippen LogP contribution in [0.5, 0.6) is 0 Å². The van der Waals surface area contributed by atoms with Gasteiger partial charge in [-0.15, -0.1) is 11.8 Å². The Morgan fingerprint density at radius 2 is 2.24 bits per heavy atom. The highest BCUT2D eigenvalue weighted by Crippen LogP contribution is 2.29. The first-order valence-electron chi connectivity index (χ1n) is 5.28. The summed E-state index contributed by atoms with van der Waals surface area (Å²) >= 11 is 5.26. The maximum atomic E-state index is 6.12. The van der Waals surface area contributed by atoms with Crippen LogP contribution in [0.2, 0.25) is 0 Å². The molecule has 0 aliphatic heterocycles. The van der Waals surface area contributed by atoms with Crippen molar-refractivity contribution in [2.75, 3.05) is 5.75 Å². The first kappa shape index (κ1) is 12.7. The van der Waals surface area contributed by atoms with E-state index in [-0.39, 0.29) is 6.04 Å². The van der Waals surface area contributed by atoms with Crippen LogP contribution >= 0.6 is 27.7 Å². The number of hydrogen-bond donors (Lipinski definition) is 1. The van der Waals surface area contributed by atoms with E-state index in [0.717, 1.165) is 16.0 Å². The Morgan fingerprint density at radius 1 is 1.47 bits per heavy atom. The van der Waals surface area contributed by atoms with Gasteiger partial charge in [-0.3, -0.25) is 0 Å². The summed E-state index contributed by atoms with van der Waals surface area (Å²) < 4.78 is 3.07. The molecule has 1 aromatic heterocycles. The Labute approximate surface area is 114 Å². The summed E-state index contributed by atoms with van der Waals surface area (Å²) in [6, 6.07) is 8.10. The number of thioether (sulfide) groups is 1. The molecule has 0 saturated heterocycles. The van der Waals surface area contributed by atoms with E-state index < -0.39 is 0 Å². The Bertz CT molecular complexity index is 498. The van der Waals surface area contributed by atoms with E-state index in [4.69, 9.17) is 5.73 Å². The quantitative estimate of drug-likeness (QED) is 0.883. The van der Waals surface area contributed by atoms with Crippen molar-refractivity contribution in [1.82, 2.24) is 9.55 Å². The van der Waals surface area contributed by atoms with Crippen LogP contribution in [0, 0.1) is 0 Å². The first-order valence-corrected chi connectivity index (χ1v) is 7.06. The minimum Gasteiger partial charge on any atom is -0.337 e. The summed E-state index contributed by atoms with van der Waals surface area (Å²) in [5, 5.41) is 0. The lowest BCUT2D eigenvalue weighted by Gasteiger charge is -2.11. The number of halogens is 1. The molecule has 3 nitrogen and oxygen atoms in total. The van der Waals surface area contributed by atoms with Crippen LogP contribution in [-0.2, 0) is 7.05 Å². The van der Waals surface area contributed by atoms with E-state index in [1.165, 1.54) is 4.90 Å². The average molecular weight is 312 g/mol. The summed E-state index contributed by atoms with van der Waals surface area (Å²) in [5.41, 5.74) is 6.12. The highest BCUT2D eigenvalue weighted by atomic mass is 79.9. The predicted octanol–water partition coefficient (Wildman–Crippen LogP) is 2.97. The Hall–Kier alpha value is -0.780. The van der Waals surface area contributed by atoms with Crippen molar-refractivity contribution in [2.24, 2.45) is 12.8 Å². The summed E-state index contributed by atoms with van der Waals surface area (Å²) in [6.07, 6.45) is 3.69. The van der Waals surface area contributed by atoms with Gasteiger partial charge in [0.2, 0.25) is 0 Å². The van der Waals surface area contributed by atoms with Gasteiger partial charge in [-0.1, -0.05) is 12.1 Å².